The first-order valence-corrected chi connectivity index (χ1v) is 12.6. The maximum atomic E-state index is 12.1. The van der Waals surface area contributed by atoms with Crippen LogP contribution in [0.5, 0.6) is 0 Å². The van der Waals surface area contributed by atoms with Gasteiger partial charge in [-0.25, -0.2) is 0 Å². The van der Waals surface area contributed by atoms with E-state index < -0.39 is 12.1 Å². The highest BCUT2D eigenvalue weighted by Crippen LogP contribution is 2.15. The molecule has 0 aromatic carbocycles. The number of hydrogen-bond donors (Lipinski definition) is 1. The lowest BCUT2D eigenvalue weighted by molar-refractivity contribution is -0.873. The maximum Gasteiger partial charge on any atom is 0.307 e. The molecule has 0 aliphatic carbocycles. The molecule has 0 saturated heterocycles. The zero-order valence-corrected chi connectivity index (χ0v) is 21.4. The van der Waals surface area contributed by atoms with Gasteiger partial charge in [0.2, 0.25) is 5.70 Å². The molecular weight excluding hydrogens is 424 g/mol. The van der Waals surface area contributed by atoms with Crippen LogP contribution in [0.15, 0.2) is 11.8 Å². The van der Waals surface area contributed by atoms with Crippen LogP contribution >= 0.6 is 0 Å². The fourth-order valence-corrected chi connectivity index (χ4v) is 3.76. The van der Waals surface area contributed by atoms with Crippen LogP contribution in [0.25, 0.3) is 0 Å². The summed E-state index contributed by atoms with van der Waals surface area (Å²) < 4.78 is 5.91. The van der Waals surface area contributed by atoms with E-state index in [9.17, 15) is 19.7 Å². The lowest BCUT2D eigenvalue weighted by Crippen LogP contribution is -2.43. The Bertz CT molecular complexity index is 598. The fraction of sp³-hybridized carbons (Fsp3) is 0.840. The highest BCUT2D eigenvalue weighted by molar-refractivity contribution is 5.71. The van der Waals surface area contributed by atoms with Crippen molar-refractivity contribution in [3.8, 4) is 0 Å². The third-order valence-electron chi connectivity index (χ3n) is 5.44. The second kappa shape index (κ2) is 18.5. The van der Waals surface area contributed by atoms with Crippen LogP contribution in [-0.4, -0.2) is 60.2 Å². The standard InChI is InChI=1S/C25H46N2O6/c1-5-6-7-8-11-14-17-22(26(31)32)18-15-12-9-10-13-16-19-25(30)33-23(20-24(28)29)21-27(2,3)4/h18,23H,5-17,19-21H2,1-4H3/p+1/b22-18-. The lowest BCUT2D eigenvalue weighted by atomic mass is 10.1. The highest BCUT2D eigenvalue weighted by Gasteiger charge is 2.24. The molecule has 0 amide bonds. The Balaban J connectivity index is 4.01. The molecule has 0 aliphatic heterocycles. The predicted octanol–water partition coefficient (Wildman–Crippen LogP) is 5.72. The molecule has 1 unspecified atom stereocenters. The summed E-state index contributed by atoms with van der Waals surface area (Å²) >= 11 is 0. The van der Waals surface area contributed by atoms with Crippen molar-refractivity contribution in [1.29, 1.82) is 0 Å². The number of carbonyl (C=O) groups is 2. The smallest absolute Gasteiger partial charge is 0.307 e. The van der Waals surface area contributed by atoms with E-state index in [1.54, 1.807) is 6.08 Å². The van der Waals surface area contributed by atoms with Crippen molar-refractivity contribution in [2.45, 2.75) is 109 Å². The van der Waals surface area contributed by atoms with Crippen LogP contribution in [0, 0.1) is 10.1 Å². The molecule has 0 saturated carbocycles. The van der Waals surface area contributed by atoms with Crippen LogP contribution in [0.2, 0.25) is 0 Å². The number of nitrogens with zero attached hydrogens (tertiary/aromatic N) is 2. The Morgan fingerprint density at radius 2 is 1.48 bits per heavy atom. The van der Waals surface area contributed by atoms with Crippen LogP contribution in [0.4, 0.5) is 0 Å². The summed E-state index contributed by atoms with van der Waals surface area (Å²) in [5.41, 5.74) is 0.345. The molecule has 0 fully saturated rings. The number of unbranched alkanes of at least 4 members (excludes halogenated alkanes) is 10. The first kappa shape index (κ1) is 31.0. The van der Waals surface area contributed by atoms with Crippen molar-refractivity contribution < 1.29 is 28.8 Å². The molecule has 0 aromatic heterocycles. The predicted molar refractivity (Wildman–Crippen MR) is 130 cm³/mol. The summed E-state index contributed by atoms with van der Waals surface area (Å²) in [6, 6.07) is 0. The summed E-state index contributed by atoms with van der Waals surface area (Å²) in [6.07, 6.45) is 13.7. The quantitative estimate of drug-likeness (QED) is 0.0754. The Morgan fingerprint density at radius 1 is 0.939 bits per heavy atom. The van der Waals surface area contributed by atoms with Gasteiger partial charge in [0.15, 0.2) is 6.10 Å². The molecule has 8 heteroatoms. The summed E-state index contributed by atoms with van der Waals surface area (Å²) in [4.78, 5) is 34.0. The van der Waals surface area contributed by atoms with Crippen molar-refractivity contribution in [2.75, 3.05) is 27.7 Å². The van der Waals surface area contributed by atoms with Crippen molar-refractivity contribution in [2.24, 2.45) is 0 Å². The molecule has 0 aromatic rings. The number of carbonyl (C=O) groups excluding carboxylic acids is 1. The first-order chi connectivity index (χ1) is 15.5. The van der Waals surface area contributed by atoms with E-state index in [1.165, 1.54) is 19.3 Å². The average Bonchev–Trinajstić information content (AvgIpc) is 2.68. The topological polar surface area (TPSA) is 107 Å². The third kappa shape index (κ3) is 20.4. The second-order valence-corrected chi connectivity index (χ2v) is 9.96. The summed E-state index contributed by atoms with van der Waals surface area (Å²) in [5, 5.41) is 20.2. The van der Waals surface area contributed by atoms with Crippen molar-refractivity contribution >= 4 is 11.9 Å². The van der Waals surface area contributed by atoms with Gasteiger partial charge in [0.1, 0.15) is 6.54 Å². The summed E-state index contributed by atoms with van der Waals surface area (Å²) in [6.45, 7) is 2.63. The van der Waals surface area contributed by atoms with Gasteiger partial charge < -0.3 is 14.3 Å². The van der Waals surface area contributed by atoms with Crippen molar-refractivity contribution in [3.05, 3.63) is 21.9 Å². The number of nitro groups is 1. The highest BCUT2D eigenvalue weighted by atomic mass is 16.6. The number of carboxylic acids is 1. The van der Waals surface area contributed by atoms with E-state index in [4.69, 9.17) is 9.84 Å². The minimum atomic E-state index is -0.970. The Labute approximate surface area is 200 Å². The van der Waals surface area contributed by atoms with E-state index in [-0.39, 0.29) is 23.7 Å². The van der Waals surface area contributed by atoms with Crippen LogP contribution in [0.1, 0.15) is 103 Å². The zero-order valence-electron chi connectivity index (χ0n) is 21.4. The van der Waals surface area contributed by atoms with Gasteiger partial charge >= 0.3 is 11.9 Å². The number of aliphatic carboxylic acids is 1. The van der Waals surface area contributed by atoms with Crippen molar-refractivity contribution in [1.82, 2.24) is 0 Å². The van der Waals surface area contributed by atoms with E-state index in [0.29, 0.717) is 29.6 Å². The number of quaternary nitrogens is 1. The van der Waals surface area contributed by atoms with Crippen LogP contribution in [-0.2, 0) is 14.3 Å². The molecule has 8 nitrogen and oxygen atoms in total. The molecule has 0 radical (unpaired) electrons. The minimum absolute atomic E-state index is 0.181. The molecule has 0 bridgehead atoms. The number of hydrogen-bond acceptors (Lipinski definition) is 5. The molecule has 0 rings (SSSR count). The number of allylic oxidation sites excluding steroid dienone is 2. The largest absolute Gasteiger partial charge is 0.481 e. The van der Waals surface area contributed by atoms with Crippen LogP contribution in [0.3, 0.4) is 0 Å². The summed E-state index contributed by atoms with van der Waals surface area (Å²) in [7, 11) is 5.80. The van der Waals surface area contributed by atoms with Gasteiger partial charge in [-0.2, -0.15) is 0 Å². The fourth-order valence-electron chi connectivity index (χ4n) is 3.76. The SMILES string of the molecule is CCCCCCCC/C(=C/CCCCCCCC(=O)OC(CC(=O)O)C[N+](C)(C)C)[N+](=O)[O-]. The van der Waals surface area contributed by atoms with E-state index in [1.807, 2.05) is 21.1 Å². The average molecular weight is 472 g/mol. The normalized spacial score (nSPS) is 13.0. The number of rotatable bonds is 21. The number of likely N-dealkylation sites (N-methyl/N-ethyl adjacent to an activating group) is 1. The van der Waals surface area contributed by atoms with Gasteiger partial charge in [-0.1, -0.05) is 58.3 Å². The maximum absolute atomic E-state index is 12.1. The second-order valence-electron chi connectivity index (χ2n) is 9.96. The zero-order chi connectivity index (χ0) is 25.1. The molecule has 0 spiro atoms. The van der Waals surface area contributed by atoms with E-state index in [0.717, 1.165) is 51.4 Å². The summed E-state index contributed by atoms with van der Waals surface area (Å²) in [5.74, 6) is -1.31. The van der Waals surface area contributed by atoms with Gasteiger partial charge in [0.05, 0.1) is 32.5 Å². The first-order valence-electron chi connectivity index (χ1n) is 12.6. The molecule has 33 heavy (non-hydrogen) atoms. The monoisotopic (exact) mass is 471 g/mol. The van der Waals surface area contributed by atoms with Gasteiger partial charge in [0, 0.05) is 12.8 Å². The minimum Gasteiger partial charge on any atom is -0.481 e. The number of esters is 1. The molecule has 192 valence electrons. The molecule has 0 heterocycles. The van der Waals surface area contributed by atoms with E-state index in [2.05, 4.69) is 6.92 Å². The lowest BCUT2D eigenvalue weighted by Gasteiger charge is -2.28. The Kier molecular flexibility index (Phi) is 17.4. The van der Waals surface area contributed by atoms with E-state index >= 15 is 0 Å². The molecular formula is C25H47N2O6+. The number of carboxylic acid groups (broad SMARTS) is 1. The van der Waals surface area contributed by atoms with Crippen molar-refractivity contribution in [3.63, 3.8) is 0 Å². The Hall–Kier alpha value is -1.96. The van der Waals surface area contributed by atoms with Gasteiger partial charge in [0.25, 0.3) is 0 Å². The Morgan fingerprint density at radius 3 is 2.03 bits per heavy atom. The molecule has 1 atom stereocenters. The van der Waals surface area contributed by atoms with Crippen LogP contribution < -0.4 is 0 Å². The number of ether oxygens (including phenoxy) is 1. The molecule has 0 aliphatic rings. The third-order valence-corrected chi connectivity index (χ3v) is 5.44. The van der Waals surface area contributed by atoms with Gasteiger partial charge in [-0.05, 0) is 31.8 Å². The van der Waals surface area contributed by atoms with Gasteiger partial charge in [-0.3, -0.25) is 19.7 Å². The molecule has 1 N–H and O–H groups in total. The van der Waals surface area contributed by atoms with Gasteiger partial charge in [-0.15, -0.1) is 0 Å².